The Morgan fingerprint density at radius 3 is 2.58 bits per heavy atom. The summed E-state index contributed by atoms with van der Waals surface area (Å²) in [6.45, 7) is 1.98. The van der Waals surface area contributed by atoms with Gasteiger partial charge in [0, 0.05) is 27.8 Å². The fourth-order valence-corrected chi connectivity index (χ4v) is 3.42. The van der Waals surface area contributed by atoms with Gasteiger partial charge in [0.25, 0.3) is 0 Å². The lowest BCUT2D eigenvalue weighted by Crippen LogP contribution is -2.21. The van der Waals surface area contributed by atoms with Crippen molar-refractivity contribution < 1.29 is 4.21 Å². The lowest BCUT2D eigenvalue weighted by Gasteiger charge is -2.09. The average molecular weight is 189 g/mol. The molecule has 1 saturated carbocycles. The maximum atomic E-state index is 11.6. The van der Waals surface area contributed by atoms with Crippen molar-refractivity contribution in [1.82, 2.24) is 0 Å². The summed E-state index contributed by atoms with van der Waals surface area (Å²) < 4.78 is 11.6. The minimum atomic E-state index is -0.596. The van der Waals surface area contributed by atoms with Crippen LogP contribution in [0.15, 0.2) is 0 Å². The largest absolute Gasteiger partial charge is 0.328 e. The monoisotopic (exact) mass is 189 g/mol. The molecular weight excluding hydrogens is 170 g/mol. The van der Waals surface area contributed by atoms with E-state index >= 15 is 0 Å². The molecule has 0 aromatic heterocycles. The highest BCUT2D eigenvalue weighted by atomic mass is 32.2. The Morgan fingerprint density at radius 1 is 1.50 bits per heavy atom. The average Bonchev–Trinajstić information content (AvgIpc) is 2.51. The van der Waals surface area contributed by atoms with Crippen molar-refractivity contribution in [3.05, 3.63) is 0 Å². The Morgan fingerprint density at radius 2 is 2.08 bits per heavy atom. The highest BCUT2D eigenvalue weighted by molar-refractivity contribution is 7.85. The number of nitrogens with two attached hydrogens (primary N) is 1. The highest BCUT2D eigenvalue weighted by Gasteiger charge is 2.20. The second kappa shape index (κ2) is 4.97. The van der Waals surface area contributed by atoms with E-state index in [-0.39, 0.29) is 6.04 Å². The summed E-state index contributed by atoms with van der Waals surface area (Å²) in [5.74, 6) is 0.808. The van der Waals surface area contributed by atoms with Crippen LogP contribution in [0.25, 0.3) is 0 Å². The first-order valence-corrected chi connectivity index (χ1v) is 6.21. The molecule has 3 heteroatoms. The van der Waals surface area contributed by atoms with Crippen molar-refractivity contribution in [3.63, 3.8) is 0 Å². The van der Waals surface area contributed by atoms with E-state index in [9.17, 15) is 4.21 Å². The Labute approximate surface area is 77.4 Å². The first kappa shape index (κ1) is 10.2. The van der Waals surface area contributed by atoms with Crippen LogP contribution in [0.1, 0.15) is 39.0 Å². The molecule has 1 rings (SSSR count). The maximum absolute atomic E-state index is 11.6. The van der Waals surface area contributed by atoms with Gasteiger partial charge in [0.15, 0.2) is 0 Å². The van der Waals surface area contributed by atoms with Gasteiger partial charge in [0.1, 0.15) is 0 Å². The van der Waals surface area contributed by atoms with Crippen LogP contribution in [0.2, 0.25) is 0 Å². The van der Waals surface area contributed by atoms with Gasteiger partial charge in [-0.2, -0.15) is 0 Å². The molecule has 0 radical (unpaired) electrons. The third kappa shape index (κ3) is 3.23. The third-order valence-electron chi connectivity index (χ3n) is 2.45. The van der Waals surface area contributed by atoms with Crippen molar-refractivity contribution in [2.75, 3.05) is 5.75 Å². The van der Waals surface area contributed by atoms with Gasteiger partial charge in [-0.25, -0.2) is 0 Å². The summed E-state index contributed by atoms with van der Waals surface area (Å²) in [7, 11) is -0.596. The SMILES string of the molecule is CC(N)CCS(=O)C1CCCC1. The van der Waals surface area contributed by atoms with Crippen LogP contribution in [0.3, 0.4) is 0 Å². The zero-order valence-corrected chi connectivity index (χ0v) is 8.61. The fraction of sp³-hybridized carbons (Fsp3) is 1.00. The van der Waals surface area contributed by atoms with Crippen LogP contribution in [0.5, 0.6) is 0 Å². The molecule has 1 aliphatic rings. The summed E-state index contributed by atoms with van der Waals surface area (Å²) in [5, 5.41) is 0.490. The van der Waals surface area contributed by atoms with E-state index in [0.29, 0.717) is 5.25 Å². The van der Waals surface area contributed by atoms with E-state index in [2.05, 4.69) is 0 Å². The maximum Gasteiger partial charge on any atom is 0.0348 e. The molecule has 0 heterocycles. The van der Waals surface area contributed by atoms with Crippen molar-refractivity contribution in [2.24, 2.45) is 5.73 Å². The fourth-order valence-electron chi connectivity index (χ4n) is 1.62. The van der Waals surface area contributed by atoms with Crippen LogP contribution in [0, 0.1) is 0 Å². The number of hydrogen-bond donors (Lipinski definition) is 1. The molecule has 0 aliphatic heterocycles. The Bertz CT molecular complexity index is 153. The molecule has 2 nitrogen and oxygen atoms in total. The summed E-state index contributed by atoms with van der Waals surface area (Å²) in [5.41, 5.74) is 5.60. The van der Waals surface area contributed by atoms with Gasteiger partial charge in [-0.15, -0.1) is 0 Å². The van der Waals surface area contributed by atoms with Crippen LogP contribution >= 0.6 is 0 Å². The highest BCUT2D eigenvalue weighted by Crippen LogP contribution is 2.23. The first-order valence-electron chi connectivity index (χ1n) is 4.83. The smallest absolute Gasteiger partial charge is 0.0348 e. The van der Waals surface area contributed by atoms with Gasteiger partial charge >= 0.3 is 0 Å². The van der Waals surface area contributed by atoms with Crippen LogP contribution in [-0.2, 0) is 10.8 Å². The molecule has 2 unspecified atom stereocenters. The lowest BCUT2D eigenvalue weighted by atomic mass is 10.3. The van der Waals surface area contributed by atoms with E-state index < -0.39 is 10.8 Å². The van der Waals surface area contributed by atoms with Gasteiger partial charge in [-0.3, -0.25) is 4.21 Å². The normalized spacial score (nSPS) is 24.2. The Kier molecular flexibility index (Phi) is 4.22. The second-order valence-electron chi connectivity index (χ2n) is 3.76. The van der Waals surface area contributed by atoms with E-state index in [1.54, 1.807) is 0 Å². The van der Waals surface area contributed by atoms with E-state index in [1.165, 1.54) is 25.7 Å². The van der Waals surface area contributed by atoms with Crippen LogP contribution < -0.4 is 5.73 Å². The van der Waals surface area contributed by atoms with E-state index in [0.717, 1.165) is 12.2 Å². The minimum absolute atomic E-state index is 0.204. The molecule has 72 valence electrons. The zero-order valence-electron chi connectivity index (χ0n) is 7.79. The summed E-state index contributed by atoms with van der Waals surface area (Å²) in [6.07, 6.45) is 5.80. The standard InChI is InChI=1S/C9H19NOS/c1-8(10)6-7-12(11)9-4-2-3-5-9/h8-9H,2-7,10H2,1H3. The zero-order chi connectivity index (χ0) is 8.97. The van der Waals surface area contributed by atoms with Crippen molar-refractivity contribution >= 4 is 10.8 Å². The molecule has 0 spiro atoms. The molecule has 0 aromatic rings. The number of rotatable bonds is 4. The molecule has 1 aliphatic carbocycles. The Balaban J connectivity index is 2.18. The van der Waals surface area contributed by atoms with Gasteiger partial charge in [-0.1, -0.05) is 12.8 Å². The van der Waals surface area contributed by atoms with Gasteiger partial charge in [-0.05, 0) is 26.2 Å². The quantitative estimate of drug-likeness (QED) is 0.726. The number of hydrogen-bond acceptors (Lipinski definition) is 2. The van der Waals surface area contributed by atoms with E-state index in [4.69, 9.17) is 5.73 Å². The first-order chi connectivity index (χ1) is 5.70. The molecule has 12 heavy (non-hydrogen) atoms. The molecule has 0 bridgehead atoms. The molecule has 1 fully saturated rings. The molecule has 2 atom stereocenters. The summed E-state index contributed by atoms with van der Waals surface area (Å²) in [4.78, 5) is 0. The van der Waals surface area contributed by atoms with Crippen molar-refractivity contribution in [2.45, 2.75) is 50.3 Å². The lowest BCUT2D eigenvalue weighted by molar-refractivity contribution is 0.655. The predicted molar refractivity (Wildman–Crippen MR) is 53.5 cm³/mol. The second-order valence-corrected chi connectivity index (χ2v) is 5.59. The topological polar surface area (TPSA) is 43.1 Å². The van der Waals surface area contributed by atoms with Crippen LogP contribution in [0.4, 0.5) is 0 Å². The van der Waals surface area contributed by atoms with Gasteiger partial charge in [0.2, 0.25) is 0 Å². The summed E-state index contributed by atoms with van der Waals surface area (Å²) >= 11 is 0. The minimum Gasteiger partial charge on any atom is -0.328 e. The molecule has 0 saturated heterocycles. The molecule has 2 N–H and O–H groups in total. The molecule has 0 amide bonds. The van der Waals surface area contributed by atoms with Crippen molar-refractivity contribution in [1.29, 1.82) is 0 Å². The van der Waals surface area contributed by atoms with E-state index in [1.807, 2.05) is 6.92 Å². The molecule has 0 aromatic carbocycles. The summed E-state index contributed by atoms with van der Waals surface area (Å²) in [6, 6.07) is 0.204. The van der Waals surface area contributed by atoms with Crippen LogP contribution in [-0.4, -0.2) is 21.3 Å². The third-order valence-corrected chi connectivity index (χ3v) is 4.30. The van der Waals surface area contributed by atoms with Gasteiger partial charge < -0.3 is 5.73 Å². The predicted octanol–water partition coefficient (Wildman–Crippen LogP) is 1.41. The Hall–Kier alpha value is 0.110. The van der Waals surface area contributed by atoms with Gasteiger partial charge in [0.05, 0.1) is 0 Å². The molecular formula is C9H19NOS. The van der Waals surface area contributed by atoms with Crippen molar-refractivity contribution in [3.8, 4) is 0 Å².